The number of aromatic nitrogens is 4. The molecule has 0 radical (unpaired) electrons. The minimum absolute atomic E-state index is 0.183. The minimum Gasteiger partial charge on any atom is -0.494 e. The van der Waals surface area contributed by atoms with Crippen LogP contribution in [0.4, 0.5) is 5.82 Å². The molecule has 9 heteroatoms. The van der Waals surface area contributed by atoms with E-state index >= 15 is 0 Å². The zero-order valence-corrected chi connectivity index (χ0v) is 16.6. The van der Waals surface area contributed by atoms with E-state index < -0.39 is 0 Å². The lowest BCUT2D eigenvalue weighted by molar-refractivity contribution is -0.118. The Labute approximate surface area is 167 Å². The summed E-state index contributed by atoms with van der Waals surface area (Å²) < 4.78 is 12.3. The van der Waals surface area contributed by atoms with Crippen molar-refractivity contribution in [3.05, 3.63) is 58.1 Å². The molecule has 2 aromatic heterocycles. The number of carbonyl (C=O) groups is 1. The van der Waals surface area contributed by atoms with Crippen molar-refractivity contribution in [3.8, 4) is 17.4 Å². The van der Waals surface area contributed by atoms with Gasteiger partial charge in [0, 0.05) is 17.8 Å². The second-order valence-electron chi connectivity index (χ2n) is 6.24. The number of hydrogen-bond donors (Lipinski definition) is 2. The van der Waals surface area contributed by atoms with Crippen LogP contribution in [0.15, 0.2) is 41.2 Å². The Kier molecular flexibility index (Phi) is 6.28. The van der Waals surface area contributed by atoms with Crippen LogP contribution < -0.4 is 20.3 Å². The summed E-state index contributed by atoms with van der Waals surface area (Å²) in [4.78, 5) is 31.2. The predicted molar refractivity (Wildman–Crippen MR) is 108 cm³/mol. The van der Waals surface area contributed by atoms with Crippen LogP contribution >= 0.6 is 0 Å². The molecule has 1 amide bonds. The fraction of sp³-hybridized carbons (Fsp3) is 0.300. The van der Waals surface area contributed by atoms with Gasteiger partial charge in [-0.25, -0.2) is 4.98 Å². The van der Waals surface area contributed by atoms with E-state index in [0.717, 1.165) is 5.75 Å². The quantitative estimate of drug-likeness (QED) is 0.603. The second kappa shape index (κ2) is 9.05. The number of aryl methyl sites for hydroxylation is 2. The van der Waals surface area contributed by atoms with Crippen LogP contribution in [0.25, 0.3) is 5.95 Å². The molecule has 0 unspecified atom stereocenters. The number of nitrogens with one attached hydrogen (secondary N) is 2. The SMILES string of the molecule is CCOc1ccc(OCC(=O)Nc2cc(C)nn2-c2nc(CC)cc(=O)[nH]2)cc1. The summed E-state index contributed by atoms with van der Waals surface area (Å²) in [6.45, 7) is 5.99. The van der Waals surface area contributed by atoms with Gasteiger partial charge in [0.05, 0.1) is 12.3 Å². The Bertz CT molecular complexity index is 1040. The largest absolute Gasteiger partial charge is 0.494 e. The van der Waals surface area contributed by atoms with Gasteiger partial charge in [-0.3, -0.25) is 14.6 Å². The third-order valence-electron chi connectivity index (χ3n) is 3.95. The summed E-state index contributed by atoms with van der Waals surface area (Å²) >= 11 is 0. The lowest BCUT2D eigenvalue weighted by Crippen LogP contribution is -2.23. The van der Waals surface area contributed by atoms with Crippen molar-refractivity contribution in [2.75, 3.05) is 18.5 Å². The van der Waals surface area contributed by atoms with Crippen LogP contribution in [0.1, 0.15) is 25.2 Å². The number of anilines is 1. The smallest absolute Gasteiger partial charge is 0.263 e. The number of ether oxygens (including phenoxy) is 2. The van der Waals surface area contributed by atoms with E-state index in [9.17, 15) is 9.59 Å². The van der Waals surface area contributed by atoms with Crippen LogP contribution in [-0.4, -0.2) is 38.9 Å². The van der Waals surface area contributed by atoms with Gasteiger partial charge in [0.25, 0.3) is 11.5 Å². The second-order valence-corrected chi connectivity index (χ2v) is 6.24. The van der Waals surface area contributed by atoms with E-state index in [0.29, 0.717) is 36.0 Å². The molecule has 0 spiro atoms. The Morgan fingerprint density at radius 1 is 1.14 bits per heavy atom. The van der Waals surface area contributed by atoms with E-state index in [4.69, 9.17) is 9.47 Å². The van der Waals surface area contributed by atoms with Crippen molar-refractivity contribution in [1.29, 1.82) is 0 Å². The molecule has 3 rings (SSSR count). The molecule has 0 aliphatic carbocycles. The lowest BCUT2D eigenvalue weighted by Gasteiger charge is -2.10. The van der Waals surface area contributed by atoms with Crippen molar-refractivity contribution in [2.45, 2.75) is 27.2 Å². The maximum atomic E-state index is 12.3. The highest BCUT2D eigenvalue weighted by atomic mass is 16.5. The van der Waals surface area contributed by atoms with Gasteiger partial charge in [0.1, 0.15) is 17.3 Å². The van der Waals surface area contributed by atoms with Crippen molar-refractivity contribution in [2.24, 2.45) is 0 Å². The van der Waals surface area contributed by atoms with Crippen LogP contribution in [0.3, 0.4) is 0 Å². The number of nitrogens with zero attached hydrogens (tertiary/aromatic N) is 3. The van der Waals surface area contributed by atoms with Gasteiger partial charge in [0.15, 0.2) is 6.61 Å². The molecule has 2 N–H and O–H groups in total. The molecular weight excluding hydrogens is 374 g/mol. The number of hydrogen-bond acceptors (Lipinski definition) is 6. The highest BCUT2D eigenvalue weighted by molar-refractivity contribution is 5.91. The van der Waals surface area contributed by atoms with Crippen molar-refractivity contribution < 1.29 is 14.3 Å². The Morgan fingerprint density at radius 3 is 2.48 bits per heavy atom. The van der Waals surface area contributed by atoms with Crippen LogP contribution in [0.2, 0.25) is 0 Å². The fourth-order valence-electron chi connectivity index (χ4n) is 2.65. The van der Waals surface area contributed by atoms with Gasteiger partial charge in [0.2, 0.25) is 5.95 Å². The molecule has 1 aromatic carbocycles. The minimum atomic E-state index is -0.367. The molecule has 0 atom stereocenters. The number of H-pyrrole nitrogens is 1. The molecule has 9 nitrogen and oxygen atoms in total. The first-order valence-corrected chi connectivity index (χ1v) is 9.31. The monoisotopic (exact) mass is 397 g/mol. The van der Waals surface area contributed by atoms with E-state index in [1.807, 2.05) is 13.8 Å². The number of benzene rings is 1. The molecule has 0 saturated heterocycles. The fourth-order valence-corrected chi connectivity index (χ4v) is 2.65. The van der Waals surface area contributed by atoms with Crippen molar-refractivity contribution in [1.82, 2.24) is 19.7 Å². The molecule has 0 fully saturated rings. The van der Waals surface area contributed by atoms with Gasteiger partial charge < -0.3 is 14.8 Å². The zero-order chi connectivity index (χ0) is 20.8. The molecular formula is C20H23N5O4. The number of rotatable bonds is 8. The summed E-state index contributed by atoms with van der Waals surface area (Å²) in [5.41, 5.74) is 1.02. The van der Waals surface area contributed by atoms with E-state index in [2.05, 4.69) is 20.4 Å². The summed E-state index contributed by atoms with van der Waals surface area (Å²) in [6.07, 6.45) is 0.606. The molecule has 2 heterocycles. The Morgan fingerprint density at radius 2 is 1.83 bits per heavy atom. The third-order valence-corrected chi connectivity index (χ3v) is 3.95. The van der Waals surface area contributed by atoms with Crippen molar-refractivity contribution in [3.63, 3.8) is 0 Å². The molecule has 0 bridgehead atoms. The maximum Gasteiger partial charge on any atom is 0.263 e. The number of amides is 1. The van der Waals surface area contributed by atoms with Gasteiger partial charge in [-0.05, 0) is 44.5 Å². The van der Waals surface area contributed by atoms with E-state index in [1.165, 1.54) is 10.7 Å². The normalized spacial score (nSPS) is 10.6. The van der Waals surface area contributed by atoms with Crippen LogP contribution in [0.5, 0.6) is 11.5 Å². The van der Waals surface area contributed by atoms with Gasteiger partial charge in [-0.2, -0.15) is 9.78 Å². The summed E-state index contributed by atoms with van der Waals surface area (Å²) in [7, 11) is 0. The van der Waals surface area contributed by atoms with Gasteiger partial charge >= 0.3 is 0 Å². The molecule has 3 aromatic rings. The van der Waals surface area contributed by atoms with Crippen LogP contribution in [-0.2, 0) is 11.2 Å². The lowest BCUT2D eigenvalue weighted by atomic mass is 10.3. The highest BCUT2D eigenvalue weighted by Gasteiger charge is 2.14. The topological polar surface area (TPSA) is 111 Å². The van der Waals surface area contributed by atoms with Gasteiger partial charge in [-0.15, -0.1) is 0 Å². The summed E-state index contributed by atoms with van der Waals surface area (Å²) in [6, 6.07) is 10.1. The average Bonchev–Trinajstić information content (AvgIpc) is 3.07. The highest BCUT2D eigenvalue weighted by Crippen LogP contribution is 2.18. The van der Waals surface area contributed by atoms with Crippen molar-refractivity contribution >= 4 is 11.7 Å². The predicted octanol–water partition coefficient (Wildman–Crippen LogP) is 2.24. The summed E-state index contributed by atoms with van der Waals surface area (Å²) in [5, 5.41) is 7.05. The zero-order valence-electron chi connectivity index (χ0n) is 16.6. The first-order valence-electron chi connectivity index (χ1n) is 9.31. The standard InChI is InChI=1S/C20H23N5O4/c1-4-14-11-18(26)23-20(21-14)25-17(10-13(3)24-25)22-19(27)12-29-16-8-6-15(7-9-16)28-5-2/h6-11H,4-5,12H2,1-3H3,(H,22,27)(H,21,23,26). The van der Waals surface area contributed by atoms with Gasteiger partial charge in [-0.1, -0.05) is 6.92 Å². The number of carbonyl (C=O) groups excluding carboxylic acids is 1. The third kappa shape index (κ3) is 5.22. The Balaban J connectivity index is 1.69. The molecule has 0 aliphatic rings. The Hall–Kier alpha value is -3.62. The first-order chi connectivity index (χ1) is 14.0. The average molecular weight is 397 g/mol. The molecule has 0 saturated carbocycles. The molecule has 29 heavy (non-hydrogen) atoms. The summed E-state index contributed by atoms with van der Waals surface area (Å²) in [5.74, 6) is 1.55. The molecule has 152 valence electrons. The van der Waals surface area contributed by atoms with E-state index in [1.54, 1.807) is 37.3 Å². The first kappa shape index (κ1) is 20.1. The van der Waals surface area contributed by atoms with E-state index in [-0.39, 0.29) is 24.0 Å². The maximum absolute atomic E-state index is 12.3. The number of aromatic amines is 1. The molecule has 0 aliphatic heterocycles. The van der Waals surface area contributed by atoms with Crippen LogP contribution in [0, 0.1) is 6.92 Å².